The van der Waals surface area contributed by atoms with Crippen molar-refractivity contribution < 1.29 is 33.4 Å². The molecule has 0 radical (unpaired) electrons. The van der Waals surface area contributed by atoms with E-state index >= 15 is 0 Å². The lowest BCUT2D eigenvalue weighted by molar-refractivity contribution is -0.130. The van der Waals surface area contributed by atoms with Gasteiger partial charge in [-0.3, -0.25) is 14.4 Å². The van der Waals surface area contributed by atoms with E-state index in [1.807, 2.05) is 0 Å². The Morgan fingerprint density at radius 1 is 1.07 bits per heavy atom. The minimum atomic E-state index is -0.986. The summed E-state index contributed by atoms with van der Waals surface area (Å²) >= 11 is 0. The van der Waals surface area contributed by atoms with Crippen LogP contribution in [0.5, 0.6) is 0 Å². The average Bonchev–Trinajstić information content (AvgIpc) is 3.43. The van der Waals surface area contributed by atoms with Gasteiger partial charge in [-0.2, -0.15) is 0 Å². The lowest BCUT2D eigenvalue weighted by atomic mass is 9.97. The van der Waals surface area contributed by atoms with Crippen molar-refractivity contribution in [1.29, 1.82) is 0 Å². The smallest absolute Gasteiger partial charge is 0.407 e. The number of hydrogen-bond donors (Lipinski definition) is 4. The highest BCUT2D eigenvalue weighted by Gasteiger charge is 2.34. The van der Waals surface area contributed by atoms with Crippen molar-refractivity contribution in [3.8, 4) is 0 Å². The van der Waals surface area contributed by atoms with Crippen LogP contribution in [0.4, 0.5) is 4.79 Å². The van der Waals surface area contributed by atoms with Gasteiger partial charge in [0.25, 0.3) is 0 Å². The maximum atomic E-state index is 12.7. The molecular weight excluding hydrogens is 396 g/mol. The van der Waals surface area contributed by atoms with E-state index in [0.29, 0.717) is 38.5 Å². The summed E-state index contributed by atoms with van der Waals surface area (Å²) in [5.41, 5.74) is 5.42. The number of methoxy groups -OCH3 is 1. The Labute approximate surface area is 175 Å². The Hall–Kier alpha value is -2.40. The number of nitrogens with one attached hydrogen (secondary N) is 3. The lowest BCUT2D eigenvalue weighted by Gasteiger charge is -2.23. The first-order chi connectivity index (χ1) is 14.4. The number of nitrogens with two attached hydrogens (primary N) is 1. The summed E-state index contributed by atoms with van der Waals surface area (Å²) in [6, 6.07) is -1.83. The van der Waals surface area contributed by atoms with Crippen LogP contribution in [0.3, 0.4) is 0 Å². The Morgan fingerprint density at radius 2 is 1.80 bits per heavy atom. The minimum Gasteiger partial charge on any atom is -0.447 e. The molecule has 30 heavy (non-hydrogen) atoms. The summed E-state index contributed by atoms with van der Waals surface area (Å²) in [4.78, 5) is 48.4. The van der Waals surface area contributed by atoms with Crippen molar-refractivity contribution in [2.45, 2.75) is 44.2 Å². The highest BCUT2D eigenvalue weighted by molar-refractivity contribution is 5.91. The van der Waals surface area contributed by atoms with Gasteiger partial charge >= 0.3 is 6.09 Å². The third kappa shape index (κ3) is 8.54. The van der Waals surface area contributed by atoms with Crippen LogP contribution in [0, 0.1) is 11.8 Å². The molecule has 1 saturated carbocycles. The number of rotatable bonds is 14. The van der Waals surface area contributed by atoms with Crippen LogP contribution in [-0.2, 0) is 28.6 Å². The summed E-state index contributed by atoms with van der Waals surface area (Å²) in [6.45, 7) is 1.62. The predicted molar refractivity (Wildman–Crippen MR) is 105 cm³/mol. The van der Waals surface area contributed by atoms with E-state index < -0.39 is 30.0 Å². The van der Waals surface area contributed by atoms with Crippen molar-refractivity contribution in [2.24, 2.45) is 17.6 Å². The molecule has 3 atom stereocenters. The van der Waals surface area contributed by atoms with Gasteiger partial charge in [0, 0.05) is 19.6 Å². The van der Waals surface area contributed by atoms with Crippen LogP contribution in [0.2, 0.25) is 0 Å². The first-order valence-corrected chi connectivity index (χ1v) is 10.3. The van der Waals surface area contributed by atoms with Crippen LogP contribution in [-0.4, -0.2) is 76.0 Å². The quantitative estimate of drug-likeness (QED) is 0.259. The molecule has 1 aliphatic carbocycles. The molecule has 4 amide bonds. The monoisotopic (exact) mass is 428 g/mol. The lowest BCUT2D eigenvalue weighted by Crippen LogP contribution is -2.53. The molecular formula is C19H32N4O7. The number of ether oxygens (including phenoxy) is 3. The SMILES string of the molecule is COCCOCCOC(=O)NC(CC1CC1)C(=O)NC(CC1CCNC1=O)C(N)=O. The molecule has 11 heteroatoms. The molecule has 0 bridgehead atoms. The summed E-state index contributed by atoms with van der Waals surface area (Å²) in [6.07, 6.45) is 2.38. The number of alkyl carbamates (subject to hydrolysis) is 1. The van der Waals surface area contributed by atoms with Crippen LogP contribution in [0.1, 0.15) is 32.1 Å². The van der Waals surface area contributed by atoms with E-state index in [-0.39, 0.29) is 31.5 Å². The number of primary amides is 1. The molecule has 11 nitrogen and oxygen atoms in total. The zero-order valence-electron chi connectivity index (χ0n) is 17.3. The van der Waals surface area contributed by atoms with E-state index in [4.69, 9.17) is 19.9 Å². The highest BCUT2D eigenvalue weighted by Crippen LogP contribution is 2.33. The number of hydrogen-bond acceptors (Lipinski definition) is 7. The van der Waals surface area contributed by atoms with Crippen LogP contribution in [0.15, 0.2) is 0 Å². The summed E-state index contributed by atoms with van der Waals surface area (Å²) in [7, 11) is 1.56. The third-order valence-corrected chi connectivity index (χ3v) is 5.11. The van der Waals surface area contributed by atoms with Crippen molar-refractivity contribution in [2.75, 3.05) is 40.1 Å². The molecule has 5 N–H and O–H groups in total. The maximum absolute atomic E-state index is 12.7. The summed E-state index contributed by atoms with van der Waals surface area (Å²) < 4.78 is 15.1. The van der Waals surface area contributed by atoms with E-state index in [1.54, 1.807) is 7.11 Å². The fourth-order valence-electron chi connectivity index (χ4n) is 3.21. The summed E-state index contributed by atoms with van der Waals surface area (Å²) in [5.74, 6) is -1.42. The van der Waals surface area contributed by atoms with Crippen molar-refractivity contribution in [1.82, 2.24) is 16.0 Å². The topological polar surface area (TPSA) is 158 Å². The molecule has 0 spiro atoms. The van der Waals surface area contributed by atoms with Gasteiger partial charge in [0.2, 0.25) is 17.7 Å². The van der Waals surface area contributed by atoms with E-state index in [0.717, 1.165) is 12.8 Å². The van der Waals surface area contributed by atoms with Crippen LogP contribution >= 0.6 is 0 Å². The molecule has 0 aromatic rings. The molecule has 170 valence electrons. The van der Waals surface area contributed by atoms with Crippen LogP contribution < -0.4 is 21.7 Å². The Balaban J connectivity index is 1.82. The van der Waals surface area contributed by atoms with Gasteiger partial charge in [0.05, 0.1) is 19.8 Å². The maximum Gasteiger partial charge on any atom is 0.407 e. The van der Waals surface area contributed by atoms with E-state index in [9.17, 15) is 19.2 Å². The Kier molecular flexibility index (Phi) is 9.81. The number of carbonyl (C=O) groups excluding carboxylic acids is 4. The largest absolute Gasteiger partial charge is 0.447 e. The molecule has 2 aliphatic rings. The Morgan fingerprint density at radius 3 is 2.40 bits per heavy atom. The standard InChI is InChI=1S/C19H32N4O7/c1-28-6-7-29-8-9-30-19(27)23-15(10-12-2-3-12)18(26)22-14(16(20)24)11-13-4-5-21-17(13)25/h12-15H,2-11H2,1H3,(H2,20,24)(H,21,25)(H,22,26)(H,23,27). The minimum absolute atomic E-state index is 0.0357. The fraction of sp³-hybridized carbons (Fsp3) is 0.789. The number of carbonyl (C=O) groups is 4. The first-order valence-electron chi connectivity index (χ1n) is 10.3. The van der Waals surface area contributed by atoms with Gasteiger partial charge < -0.3 is 35.9 Å². The van der Waals surface area contributed by atoms with Crippen molar-refractivity contribution >= 4 is 23.8 Å². The van der Waals surface area contributed by atoms with Crippen molar-refractivity contribution in [3.63, 3.8) is 0 Å². The van der Waals surface area contributed by atoms with Gasteiger partial charge in [0.15, 0.2) is 0 Å². The molecule has 0 aromatic carbocycles. The molecule has 1 saturated heterocycles. The molecule has 2 fully saturated rings. The highest BCUT2D eigenvalue weighted by atomic mass is 16.6. The first kappa shape index (κ1) is 23.9. The summed E-state index contributed by atoms with van der Waals surface area (Å²) in [5, 5.41) is 7.83. The normalized spacial score (nSPS) is 20.2. The van der Waals surface area contributed by atoms with Gasteiger partial charge in [0.1, 0.15) is 18.7 Å². The second kappa shape index (κ2) is 12.3. The van der Waals surface area contributed by atoms with Gasteiger partial charge in [-0.1, -0.05) is 12.8 Å². The van der Waals surface area contributed by atoms with Crippen LogP contribution in [0.25, 0.3) is 0 Å². The van der Waals surface area contributed by atoms with Gasteiger partial charge in [-0.25, -0.2) is 4.79 Å². The number of amides is 4. The average molecular weight is 428 g/mol. The molecule has 1 aliphatic heterocycles. The van der Waals surface area contributed by atoms with Crippen molar-refractivity contribution in [3.05, 3.63) is 0 Å². The molecule has 0 aromatic heterocycles. The second-order valence-electron chi connectivity index (χ2n) is 7.59. The van der Waals surface area contributed by atoms with E-state index in [2.05, 4.69) is 16.0 Å². The zero-order valence-corrected chi connectivity index (χ0v) is 17.3. The second-order valence-corrected chi connectivity index (χ2v) is 7.59. The van der Waals surface area contributed by atoms with Gasteiger partial charge in [-0.15, -0.1) is 0 Å². The molecule has 3 unspecified atom stereocenters. The third-order valence-electron chi connectivity index (χ3n) is 5.11. The van der Waals surface area contributed by atoms with E-state index in [1.165, 1.54) is 0 Å². The zero-order chi connectivity index (χ0) is 21.9. The Bertz CT molecular complexity index is 612. The predicted octanol–water partition coefficient (Wildman–Crippen LogP) is -0.959. The molecule has 1 heterocycles. The molecule has 2 rings (SSSR count). The van der Waals surface area contributed by atoms with Gasteiger partial charge in [-0.05, 0) is 25.2 Å². The fourth-order valence-corrected chi connectivity index (χ4v) is 3.21.